The molecule has 0 aliphatic heterocycles. The van der Waals surface area contributed by atoms with Crippen LogP contribution in [0.2, 0.25) is 0 Å². The summed E-state index contributed by atoms with van der Waals surface area (Å²) >= 11 is 5.57. The van der Waals surface area contributed by atoms with Gasteiger partial charge in [-0.05, 0) is 36.9 Å². The molecule has 0 saturated heterocycles. The van der Waals surface area contributed by atoms with Crippen molar-refractivity contribution in [1.29, 1.82) is 0 Å². The number of hydrogen-bond acceptors (Lipinski definition) is 3. The average Bonchev–Trinajstić information content (AvgIpc) is 2.97. The molecule has 1 fully saturated rings. The molecule has 1 saturated carbocycles. The summed E-state index contributed by atoms with van der Waals surface area (Å²) < 4.78 is 13.9. The Morgan fingerprint density at radius 3 is 2.38 bits per heavy atom. The maximum absolute atomic E-state index is 5.57. The van der Waals surface area contributed by atoms with Crippen molar-refractivity contribution in [2.45, 2.75) is 32.7 Å². The average molecular weight is 306 g/mol. The van der Waals surface area contributed by atoms with Crippen LogP contribution in [-0.2, 0) is 0 Å². The van der Waals surface area contributed by atoms with Crippen LogP contribution in [0.15, 0.2) is 12.1 Å². The maximum atomic E-state index is 5.57. The zero-order valence-corrected chi connectivity index (χ0v) is 13.8. The summed E-state index contributed by atoms with van der Waals surface area (Å²) in [5.74, 6) is 2.83. The van der Waals surface area contributed by atoms with Crippen LogP contribution in [0.25, 0.3) is 11.0 Å². The van der Waals surface area contributed by atoms with Crippen LogP contribution in [0.3, 0.4) is 0 Å². The number of methoxy groups -OCH3 is 2. The van der Waals surface area contributed by atoms with Gasteiger partial charge in [0.05, 0.1) is 25.3 Å². The molecule has 3 atom stereocenters. The third-order valence-electron chi connectivity index (χ3n) is 4.98. The molecule has 1 aromatic heterocycles. The van der Waals surface area contributed by atoms with Gasteiger partial charge < -0.3 is 19.0 Å². The molecular formula is C16H22N2O2S. The standard InChI is InChI=1S/C16H22N2O2S/c1-9-5-6-12(10(9)2)18-13-8-15(20-4)14(19-3)7-11(13)17-16(18)21/h7-10,12H,5-6H2,1-4H3,(H,17,21). The fourth-order valence-corrected chi connectivity index (χ4v) is 3.83. The number of nitrogens with one attached hydrogen (secondary N) is 1. The molecule has 114 valence electrons. The van der Waals surface area contributed by atoms with Crippen LogP contribution in [-0.4, -0.2) is 23.8 Å². The lowest BCUT2D eigenvalue weighted by molar-refractivity contribution is 0.351. The van der Waals surface area contributed by atoms with Crippen molar-refractivity contribution in [3.05, 3.63) is 16.9 Å². The van der Waals surface area contributed by atoms with Crippen LogP contribution in [0.4, 0.5) is 0 Å². The predicted molar refractivity (Wildman–Crippen MR) is 86.8 cm³/mol. The molecule has 0 spiro atoms. The first-order valence-corrected chi connectivity index (χ1v) is 7.84. The zero-order chi connectivity index (χ0) is 15.1. The summed E-state index contributed by atoms with van der Waals surface area (Å²) in [6, 6.07) is 4.44. The van der Waals surface area contributed by atoms with E-state index in [0.717, 1.165) is 33.2 Å². The zero-order valence-electron chi connectivity index (χ0n) is 13.0. The van der Waals surface area contributed by atoms with Crippen molar-refractivity contribution in [2.24, 2.45) is 11.8 Å². The second kappa shape index (κ2) is 5.37. The van der Waals surface area contributed by atoms with Gasteiger partial charge in [-0.25, -0.2) is 0 Å². The number of benzene rings is 1. The smallest absolute Gasteiger partial charge is 0.178 e. The molecule has 1 heterocycles. The lowest BCUT2D eigenvalue weighted by Gasteiger charge is -2.21. The number of ether oxygens (including phenoxy) is 2. The van der Waals surface area contributed by atoms with Crippen LogP contribution < -0.4 is 9.47 Å². The van der Waals surface area contributed by atoms with Gasteiger partial charge in [0.15, 0.2) is 16.3 Å². The Morgan fingerprint density at radius 2 is 1.81 bits per heavy atom. The highest BCUT2D eigenvalue weighted by atomic mass is 32.1. The SMILES string of the molecule is COc1cc2[nH]c(=S)n(C3CCC(C)C3C)c2cc1OC. The first kappa shape index (κ1) is 14.4. The minimum Gasteiger partial charge on any atom is -0.493 e. The van der Waals surface area contributed by atoms with Crippen LogP contribution >= 0.6 is 12.2 Å². The minimum absolute atomic E-state index is 0.458. The Morgan fingerprint density at radius 1 is 1.14 bits per heavy atom. The van der Waals surface area contributed by atoms with Crippen LogP contribution in [0.1, 0.15) is 32.7 Å². The van der Waals surface area contributed by atoms with Crippen LogP contribution in [0, 0.1) is 16.6 Å². The first-order valence-electron chi connectivity index (χ1n) is 7.43. The Balaban J connectivity index is 2.19. The Bertz CT molecular complexity index is 719. The summed E-state index contributed by atoms with van der Waals surface area (Å²) in [7, 11) is 3.31. The van der Waals surface area contributed by atoms with E-state index in [1.807, 2.05) is 12.1 Å². The van der Waals surface area contributed by atoms with E-state index in [0.29, 0.717) is 12.0 Å². The Kier molecular flexibility index (Phi) is 3.69. The van der Waals surface area contributed by atoms with E-state index in [1.165, 1.54) is 12.8 Å². The summed E-state index contributed by atoms with van der Waals surface area (Å²) in [5.41, 5.74) is 2.10. The Hall–Kier alpha value is -1.49. The normalized spacial score (nSPS) is 25.4. The molecule has 3 unspecified atom stereocenters. The quantitative estimate of drug-likeness (QED) is 0.858. The van der Waals surface area contributed by atoms with Gasteiger partial charge in [-0.15, -0.1) is 0 Å². The molecule has 1 aromatic carbocycles. The predicted octanol–water partition coefficient (Wildman–Crippen LogP) is 4.32. The van der Waals surface area contributed by atoms with Crippen molar-refractivity contribution >= 4 is 23.3 Å². The molecule has 0 amide bonds. The van der Waals surface area contributed by atoms with E-state index >= 15 is 0 Å². The van der Waals surface area contributed by atoms with Gasteiger partial charge in [-0.1, -0.05) is 13.8 Å². The van der Waals surface area contributed by atoms with Gasteiger partial charge >= 0.3 is 0 Å². The van der Waals surface area contributed by atoms with E-state index in [-0.39, 0.29) is 0 Å². The second-order valence-electron chi connectivity index (χ2n) is 6.01. The van der Waals surface area contributed by atoms with Crippen molar-refractivity contribution in [3.8, 4) is 11.5 Å². The topological polar surface area (TPSA) is 39.2 Å². The molecule has 0 bridgehead atoms. The lowest BCUT2D eigenvalue weighted by atomic mass is 9.97. The molecule has 5 heteroatoms. The van der Waals surface area contributed by atoms with Gasteiger partial charge in [0, 0.05) is 18.2 Å². The Labute approximate surface area is 130 Å². The minimum atomic E-state index is 0.458. The van der Waals surface area contributed by atoms with Gasteiger partial charge in [-0.3, -0.25) is 0 Å². The monoisotopic (exact) mass is 306 g/mol. The lowest BCUT2D eigenvalue weighted by Crippen LogP contribution is -2.14. The summed E-state index contributed by atoms with van der Waals surface area (Å²) in [6.45, 7) is 4.65. The maximum Gasteiger partial charge on any atom is 0.178 e. The van der Waals surface area contributed by atoms with Crippen molar-refractivity contribution < 1.29 is 9.47 Å². The molecule has 0 radical (unpaired) electrons. The van der Waals surface area contributed by atoms with Crippen molar-refractivity contribution in [1.82, 2.24) is 9.55 Å². The third-order valence-corrected chi connectivity index (χ3v) is 5.27. The highest BCUT2D eigenvalue weighted by molar-refractivity contribution is 7.71. The number of aromatic amines is 1. The summed E-state index contributed by atoms with van der Waals surface area (Å²) in [6.07, 6.45) is 2.44. The van der Waals surface area contributed by atoms with E-state index in [9.17, 15) is 0 Å². The number of fused-ring (bicyclic) bond motifs is 1. The highest BCUT2D eigenvalue weighted by Crippen LogP contribution is 2.42. The van der Waals surface area contributed by atoms with Gasteiger partial charge in [0.2, 0.25) is 0 Å². The fraction of sp³-hybridized carbons (Fsp3) is 0.562. The van der Waals surface area contributed by atoms with Gasteiger partial charge in [0.1, 0.15) is 0 Å². The summed E-state index contributed by atoms with van der Waals surface area (Å²) in [4.78, 5) is 3.31. The highest BCUT2D eigenvalue weighted by Gasteiger charge is 2.32. The molecule has 2 aromatic rings. The first-order chi connectivity index (χ1) is 10.1. The number of nitrogens with zero attached hydrogens (tertiary/aromatic N) is 1. The summed E-state index contributed by atoms with van der Waals surface area (Å²) in [5, 5.41) is 0. The van der Waals surface area contributed by atoms with Crippen LogP contribution in [0.5, 0.6) is 11.5 Å². The molecule has 21 heavy (non-hydrogen) atoms. The number of hydrogen-bond donors (Lipinski definition) is 1. The largest absolute Gasteiger partial charge is 0.493 e. The van der Waals surface area contributed by atoms with Crippen molar-refractivity contribution in [2.75, 3.05) is 14.2 Å². The number of H-pyrrole nitrogens is 1. The fourth-order valence-electron chi connectivity index (χ4n) is 3.48. The third kappa shape index (κ3) is 2.24. The van der Waals surface area contributed by atoms with E-state index in [1.54, 1.807) is 14.2 Å². The molecule has 1 aliphatic rings. The van der Waals surface area contributed by atoms with E-state index in [4.69, 9.17) is 21.7 Å². The second-order valence-corrected chi connectivity index (χ2v) is 6.39. The molecule has 4 nitrogen and oxygen atoms in total. The molecule has 1 N–H and O–H groups in total. The van der Waals surface area contributed by atoms with Gasteiger partial charge in [-0.2, -0.15) is 0 Å². The molecular weight excluding hydrogens is 284 g/mol. The van der Waals surface area contributed by atoms with E-state index < -0.39 is 0 Å². The number of rotatable bonds is 3. The number of imidazole rings is 1. The molecule has 1 aliphatic carbocycles. The van der Waals surface area contributed by atoms with Crippen molar-refractivity contribution in [3.63, 3.8) is 0 Å². The van der Waals surface area contributed by atoms with E-state index in [2.05, 4.69) is 23.4 Å². The molecule has 3 rings (SSSR count). The van der Waals surface area contributed by atoms with Gasteiger partial charge in [0.25, 0.3) is 0 Å². The number of aromatic nitrogens is 2.